The summed E-state index contributed by atoms with van der Waals surface area (Å²) in [4.78, 5) is 34.3. The largest absolute Gasteiger partial charge is 0.480 e. The zero-order valence-corrected chi connectivity index (χ0v) is 23.0. The number of benzene rings is 3. The minimum absolute atomic E-state index is 0.00786. The van der Waals surface area contributed by atoms with E-state index in [1.165, 1.54) is 16.3 Å². The van der Waals surface area contributed by atoms with Crippen LogP contribution in [-0.4, -0.2) is 33.3 Å². The maximum absolute atomic E-state index is 14.7. The number of nitrogens with one attached hydrogen (secondary N) is 1. The van der Waals surface area contributed by atoms with E-state index < -0.39 is 35.6 Å². The van der Waals surface area contributed by atoms with Gasteiger partial charge in [0.2, 0.25) is 0 Å². The Morgan fingerprint density at radius 3 is 2.23 bits per heavy atom. The number of amides is 1. The number of carbonyl (C=O) groups is 2. The molecule has 2 N–H and O–H groups in total. The normalized spacial score (nSPS) is 10.5. The summed E-state index contributed by atoms with van der Waals surface area (Å²) in [6.07, 6.45) is 2.41. The average Bonchev–Trinajstić information content (AvgIpc) is 2.89. The first-order valence-electron chi connectivity index (χ1n) is 12.5. The standard InChI is InChI=1S/C17H15F2NO3.C14H16N2O/c1-9-4-3-5-10(2)14(9)11-6-7-12(18)15(16(11)19)17(23)20-8-13(21)22;1-10-5-4-6-12(7-10)8-13-11(2)9-15-16(3)14(13)17/h3-7H,8H2,1-2H3,(H,20,23)(H,21,22);4-7,9H,8H2,1-3H3. The third-order valence-corrected chi connectivity index (χ3v) is 6.38. The van der Waals surface area contributed by atoms with Crippen LogP contribution in [0.1, 0.15) is 43.7 Å². The summed E-state index contributed by atoms with van der Waals surface area (Å²) < 4.78 is 30.0. The van der Waals surface area contributed by atoms with Crippen LogP contribution in [0.4, 0.5) is 8.78 Å². The molecule has 0 atom stereocenters. The summed E-state index contributed by atoms with van der Waals surface area (Å²) in [6.45, 7) is 6.84. The van der Waals surface area contributed by atoms with Crippen molar-refractivity contribution in [1.82, 2.24) is 15.1 Å². The lowest BCUT2D eigenvalue weighted by Gasteiger charge is -2.13. The summed E-state index contributed by atoms with van der Waals surface area (Å²) in [5, 5.41) is 14.5. The van der Waals surface area contributed by atoms with Gasteiger partial charge in [0.15, 0.2) is 0 Å². The van der Waals surface area contributed by atoms with Crippen molar-refractivity contribution in [2.45, 2.75) is 34.1 Å². The number of aliphatic carboxylic acids is 1. The predicted octanol–water partition coefficient (Wildman–Crippen LogP) is 5.05. The Labute approximate surface area is 231 Å². The molecule has 0 aliphatic rings. The Morgan fingerprint density at radius 2 is 1.60 bits per heavy atom. The van der Waals surface area contributed by atoms with Crippen molar-refractivity contribution < 1.29 is 23.5 Å². The molecule has 0 unspecified atom stereocenters. The third-order valence-electron chi connectivity index (χ3n) is 6.38. The van der Waals surface area contributed by atoms with Crippen LogP contribution in [0.25, 0.3) is 11.1 Å². The van der Waals surface area contributed by atoms with E-state index in [0.29, 0.717) is 12.0 Å². The van der Waals surface area contributed by atoms with Gasteiger partial charge in [-0.3, -0.25) is 14.4 Å². The lowest BCUT2D eigenvalue weighted by molar-refractivity contribution is -0.135. The molecule has 40 heavy (non-hydrogen) atoms. The lowest BCUT2D eigenvalue weighted by Crippen LogP contribution is -2.30. The quantitative estimate of drug-likeness (QED) is 0.352. The fourth-order valence-electron chi connectivity index (χ4n) is 4.35. The van der Waals surface area contributed by atoms with Gasteiger partial charge in [0.05, 0.1) is 6.20 Å². The van der Waals surface area contributed by atoms with Crippen molar-refractivity contribution in [3.05, 3.63) is 122 Å². The first-order valence-corrected chi connectivity index (χ1v) is 12.5. The van der Waals surface area contributed by atoms with E-state index >= 15 is 0 Å². The van der Waals surface area contributed by atoms with Gasteiger partial charge in [-0.2, -0.15) is 5.10 Å². The SMILES string of the molecule is Cc1cccc(C)c1-c1ccc(F)c(C(=O)NCC(=O)O)c1F.Cc1cccc(Cc2c(C)cnn(C)c2=O)c1. The first kappa shape index (κ1) is 29.9. The molecule has 3 aromatic carbocycles. The molecular formula is C31H31F2N3O4. The Hall–Kier alpha value is -4.66. The van der Waals surface area contributed by atoms with E-state index in [1.807, 2.05) is 30.4 Å². The second-order valence-electron chi connectivity index (χ2n) is 9.53. The molecule has 1 aromatic heterocycles. The lowest BCUT2D eigenvalue weighted by atomic mass is 9.93. The molecular weight excluding hydrogens is 516 g/mol. The second kappa shape index (κ2) is 12.9. The van der Waals surface area contributed by atoms with E-state index in [-0.39, 0.29) is 11.1 Å². The molecule has 1 heterocycles. The van der Waals surface area contributed by atoms with E-state index in [0.717, 1.165) is 33.9 Å². The van der Waals surface area contributed by atoms with Gasteiger partial charge in [-0.25, -0.2) is 13.5 Å². The van der Waals surface area contributed by atoms with Crippen LogP contribution in [0.15, 0.2) is 65.6 Å². The fourth-order valence-corrected chi connectivity index (χ4v) is 4.35. The van der Waals surface area contributed by atoms with Crippen LogP contribution in [0.3, 0.4) is 0 Å². The number of nitrogens with zero attached hydrogens (tertiary/aromatic N) is 2. The molecule has 0 aliphatic heterocycles. The molecule has 0 spiro atoms. The van der Waals surface area contributed by atoms with Crippen molar-refractivity contribution in [3.8, 4) is 11.1 Å². The summed E-state index contributed by atoms with van der Waals surface area (Å²) in [5.74, 6) is -4.45. The molecule has 7 nitrogen and oxygen atoms in total. The number of halogens is 2. The van der Waals surface area contributed by atoms with Crippen molar-refractivity contribution in [2.24, 2.45) is 7.05 Å². The fraction of sp³-hybridized carbons (Fsp3) is 0.226. The number of carbonyl (C=O) groups excluding carboxylic acids is 1. The molecule has 0 saturated heterocycles. The Balaban J connectivity index is 0.000000230. The van der Waals surface area contributed by atoms with Gasteiger partial charge >= 0.3 is 5.97 Å². The highest BCUT2D eigenvalue weighted by atomic mass is 19.1. The highest BCUT2D eigenvalue weighted by Gasteiger charge is 2.23. The smallest absolute Gasteiger partial charge is 0.322 e. The average molecular weight is 548 g/mol. The molecule has 4 rings (SSSR count). The number of aromatic nitrogens is 2. The van der Waals surface area contributed by atoms with Crippen molar-refractivity contribution >= 4 is 11.9 Å². The molecule has 0 fully saturated rings. The summed E-state index contributed by atoms with van der Waals surface area (Å²) >= 11 is 0. The number of carboxylic acid groups (broad SMARTS) is 1. The Bertz CT molecular complexity index is 1610. The van der Waals surface area contributed by atoms with Gasteiger partial charge in [-0.1, -0.05) is 48.0 Å². The molecule has 0 aliphatic carbocycles. The molecule has 1 amide bonds. The second-order valence-corrected chi connectivity index (χ2v) is 9.53. The van der Waals surface area contributed by atoms with Crippen molar-refractivity contribution in [1.29, 1.82) is 0 Å². The molecule has 0 saturated carbocycles. The molecule has 0 bridgehead atoms. The van der Waals surface area contributed by atoms with Gasteiger partial charge in [-0.05, 0) is 67.6 Å². The van der Waals surface area contributed by atoms with Gasteiger partial charge in [0, 0.05) is 24.6 Å². The Kier molecular flexibility index (Phi) is 9.66. The molecule has 0 radical (unpaired) electrons. The minimum Gasteiger partial charge on any atom is -0.480 e. The van der Waals surface area contributed by atoms with Gasteiger partial charge < -0.3 is 10.4 Å². The van der Waals surface area contributed by atoms with Crippen molar-refractivity contribution in [2.75, 3.05) is 6.54 Å². The maximum Gasteiger partial charge on any atom is 0.322 e. The predicted molar refractivity (Wildman–Crippen MR) is 149 cm³/mol. The van der Waals surface area contributed by atoms with Crippen LogP contribution < -0.4 is 10.9 Å². The van der Waals surface area contributed by atoms with Crippen molar-refractivity contribution in [3.63, 3.8) is 0 Å². The highest BCUT2D eigenvalue weighted by Crippen LogP contribution is 2.31. The summed E-state index contributed by atoms with van der Waals surface area (Å²) in [5.41, 5.74) is 5.61. The van der Waals surface area contributed by atoms with Crippen LogP contribution >= 0.6 is 0 Å². The monoisotopic (exact) mass is 547 g/mol. The first-order chi connectivity index (χ1) is 18.9. The van der Waals surface area contributed by atoms with Gasteiger partial charge in [0.1, 0.15) is 23.7 Å². The number of rotatable bonds is 6. The molecule has 208 valence electrons. The summed E-state index contributed by atoms with van der Waals surface area (Å²) in [7, 11) is 1.68. The van der Waals surface area contributed by atoms with Gasteiger partial charge in [-0.15, -0.1) is 0 Å². The highest BCUT2D eigenvalue weighted by molar-refractivity contribution is 5.97. The molecule has 4 aromatic rings. The third kappa shape index (κ3) is 7.05. The van der Waals surface area contributed by atoms with Crippen LogP contribution in [0.2, 0.25) is 0 Å². The topological polar surface area (TPSA) is 101 Å². The van der Waals surface area contributed by atoms with E-state index in [2.05, 4.69) is 24.2 Å². The van der Waals surface area contributed by atoms with E-state index in [1.54, 1.807) is 39.2 Å². The minimum atomic E-state index is -1.30. The summed E-state index contributed by atoms with van der Waals surface area (Å²) in [6, 6.07) is 15.9. The van der Waals surface area contributed by atoms with E-state index in [9.17, 15) is 23.2 Å². The van der Waals surface area contributed by atoms with Gasteiger partial charge in [0.25, 0.3) is 11.5 Å². The number of hydrogen-bond donors (Lipinski definition) is 2. The molecule has 9 heteroatoms. The van der Waals surface area contributed by atoms with Crippen LogP contribution in [0.5, 0.6) is 0 Å². The maximum atomic E-state index is 14.7. The number of hydrogen-bond acceptors (Lipinski definition) is 4. The van der Waals surface area contributed by atoms with Crippen LogP contribution in [0, 0.1) is 39.3 Å². The van der Waals surface area contributed by atoms with E-state index in [4.69, 9.17) is 5.11 Å². The number of aryl methyl sites for hydroxylation is 5. The zero-order chi connectivity index (χ0) is 29.6. The van der Waals surface area contributed by atoms with Crippen LogP contribution in [-0.2, 0) is 18.3 Å². The Morgan fingerprint density at radius 1 is 0.950 bits per heavy atom. The zero-order valence-electron chi connectivity index (χ0n) is 23.0. The number of carboxylic acids is 1.